The number of halogens is 1. The van der Waals surface area contributed by atoms with Crippen molar-refractivity contribution < 1.29 is 13.9 Å². The minimum atomic E-state index is -0.342. The van der Waals surface area contributed by atoms with Crippen molar-refractivity contribution in [2.24, 2.45) is 0 Å². The molecule has 2 N–H and O–H groups in total. The summed E-state index contributed by atoms with van der Waals surface area (Å²) in [6, 6.07) is 13.1. The largest absolute Gasteiger partial charge is 0.491 e. The number of rotatable bonds is 6. The van der Waals surface area contributed by atoms with Gasteiger partial charge in [0.2, 0.25) is 5.91 Å². The minimum Gasteiger partial charge on any atom is -0.491 e. The van der Waals surface area contributed by atoms with E-state index in [1.165, 1.54) is 12.1 Å². The first-order valence-electron chi connectivity index (χ1n) is 7.09. The van der Waals surface area contributed by atoms with Gasteiger partial charge < -0.3 is 15.4 Å². The lowest BCUT2D eigenvalue weighted by Crippen LogP contribution is -2.21. The standard InChI is InChI=1S/C17H19FN2O2/c1-12(2)22-16-8-6-14(7-9-16)20-17(21)11-19-15-5-3-4-13(18)10-15/h3-10,12,19H,11H2,1-2H3,(H,20,21). The van der Waals surface area contributed by atoms with Crippen molar-refractivity contribution in [1.29, 1.82) is 0 Å². The maximum atomic E-state index is 13.0. The van der Waals surface area contributed by atoms with Crippen LogP contribution in [0, 0.1) is 5.82 Å². The van der Waals surface area contributed by atoms with E-state index in [0.29, 0.717) is 11.4 Å². The van der Waals surface area contributed by atoms with Crippen molar-refractivity contribution in [3.8, 4) is 5.75 Å². The van der Waals surface area contributed by atoms with E-state index in [1.807, 2.05) is 13.8 Å². The Labute approximate surface area is 129 Å². The molecule has 0 aromatic heterocycles. The van der Waals surface area contributed by atoms with Crippen molar-refractivity contribution >= 4 is 17.3 Å². The van der Waals surface area contributed by atoms with Crippen LogP contribution in [-0.4, -0.2) is 18.6 Å². The molecule has 0 bridgehead atoms. The Bertz CT molecular complexity index is 627. The van der Waals surface area contributed by atoms with Crippen LogP contribution in [0.4, 0.5) is 15.8 Å². The number of benzene rings is 2. The summed E-state index contributed by atoms with van der Waals surface area (Å²) >= 11 is 0. The fourth-order valence-corrected chi connectivity index (χ4v) is 1.87. The van der Waals surface area contributed by atoms with Gasteiger partial charge in [0.25, 0.3) is 0 Å². The van der Waals surface area contributed by atoms with Gasteiger partial charge in [0.15, 0.2) is 0 Å². The number of ether oxygens (including phenoxy) is 1. The number of nitrogens with one attached hydrogen (secondary N) is 2. The molecular weight excluding hydrogens is 283 g/mol. The average Bonchev–Trinajstić information content (AvgIpc) is 2.47. The molecule has 5 heteroatoms. The van der Waals surface area contributed by atoms with Gasteiger partial charge in [-0.1, -0.05) is 6.07 Å². The molecule has 2 rings (SSSR count). The predicted molar refractivity (Wildman–Crippen MR) is 85.7 cm³/mol. The Hall–Kier alpha value is -2.56. The van der Waals surface area contributed by atoms with Crippen LogP contribution in [0.2, 0.25) is 0 Å². The zero-order valence-corrected chi connectivity index (χ0v) is 12.6. The first-order chi connectivity index (χ1) is 10.5. The van der Waals surface area contributed by atoms with E-state index in [1.54, 1.807) is 36.4 Å². The highest BCUT2D eigenvalue weighted by atomic mass is 19.1. The number of anilines is 2. The van der Waals surface area contributed by atoms with E-state index in [2.05, 4.69) is 10.6 Å². The zero-order valence-electron chi connectivity index (χ0n) is 12.6. The maximum absolute atomic E-state index is 13.0. The van der Waals surface area contributed by atoms with Crippen LogP contribution in [0.15, 0.2) is 48.5 Å². The lowest BCUT2D eigenvalue weighted by atomic mass is 10.3. The molecule has 0 saturated carbocycles. The molecule has 22 heavy (non-hydrogen) atoms. The van der Waals surface area contributed by atoms with Gasteiger partial charge >= 0.3 is 0 Å². The molecule has 116 valence electrons. The van der Waals surface area contributed by atoms with Gasteiger partial charge in [-0.2, -0.15) is 0 Å². The second-order valence-electron chi connectivity index (χ2n) is 5.10. The van der Waals surface area contributed by atoms with E-state index in [4.69, 9.17) is 4.74 Å². The highest BCUT2D eigenvalue weighted by Gasteiger charge is 2.04. The van der Waals surface area contributed by atoms with Crippen molar-refractivity contribution in [2.75, 3.05) is 17.2 Å². The summed E-state index contributed by atoms with van der Waals surface area (Å²) in [6.45, 7) is 3.97. The molecule has 2 aromatic carbocycles. The minimum absolute atomic E-state index is 0.0632. The molecule has 4 nitrogen and oxygen atoms in total. The number of carbonyl (C=O) groups is 1. The Balaban J connectivity index is 1.84. The normalized spacial score (nSPS) is 10.4. The van der Waals surface area contributed by atoms with Crippen LogP contribution in [0.5, 0.6) is 5.75 Å². The summed E-state index contributed by atoms with van der Waals surface area (Å²) < 4.78 is 18.5. The van der Waals surface area contributed by atoms with Crippen LogP contribution in [-0.2, 0) is 4.79 Å². The number of carbonyl (C=O) groups excluding carboxylic acids is 1. The molecule has 0 unspecified atom stereocenters. The molecule has 0 radical (unpaired) electrons. The van der Waals surface area contributed by atoms with Gasteiger partial charge in [-0.3, -0.25) is 4.79 Å². The quantitative estimate of drug-likeness (QED) is 0.856. The van der Waals surface area contributed by atoms with E-state index in [0.717, 1.165) is 5.75 Å². The molecule has 0 heterocycles. The molecule has 0 atom stereocenters. The number of amides is 1. The summed E-state index contributed by atoms with van der Waals surface area (Å²) in [5.41, 5.74) is 1.25. The highest BCUT2D eigenvalue weighted by Crippen LogP contribution is 2.17. The SMILES string of the molecule is CC(C)Oc1ccc(NC(=O)CNc2cccc(F)c2)cc1. The lowest BCUT2D eigenvalue weighted by Gasteiger charge is -2.11. The van der Waals surface area contributed by atoms with E-state index in [-0.39, 0.29) is 24.4 Å². The van der Waals surface area contributed by atoms with Crippen molar-refractivity contribution in [3.63, 3.8) is 0 Å². The lowest BCUT2D eigenvalue weighted by molar-refractivity contribution is -0.114. The van der Waals surface area contributed by atoms with Gasteiger partial charge in [-0.05, 0) is 56.3 Å². The van der Waals surface area contributed by atoms with Gasteiger partial charge in [0.05, 0.1) is 12.6 Å². The Morgan fingerprint density at radius 3 is 2.50 bits per heavy atom. The van der Waals surface area contributed by atoms with Crippen molar-refractivity contribution in [2.45, 2.75) is 20.0 Å². The van der Waals surface area contributed by atoms with Crippen LogP contribution >= 0.6 is 0 Å². The van der Waals surface area contributed by atoms with Crippen molar-refractivity contribution in [1.82, 2.24) is 0 Å². The molecule has 0 aliphatic heterocycles. The fourth-order valence-electron chi connectivity index (χ4n) is 1.87. The smallest absolute Gasteiger partial charge is 0.243 e. The second-order valence-corrected chi connectivity index (χ2v) is 5.10. The summed E-state index contributed by atoms with van der Waals surface area (Å²) in [6.07, 6.45) is 0.107. The maximum Gasteiger partial charge on any atom is 0.243 e. The first kappa shape index (κ1) is 15.8. The van der Waals surface area contributed by atoms with Gasteiger partial charge in [0.1, 0.15) is 11.6 Å². The summed E-state index contributed by atoms with van der Waals surface area (Å²) in [5.74, 6) is 0.207. The topological polar surface area (TPSA) is 50.4 Å². The molecule has 1 amide bonds. The van der Waals surface area contributed by atoms with Gasteiger partial charge in [0, 0.05) is 11.4 Å². The molecular formula is C17H19FN2O2. The van der Waals surface area contributed by atoms with Crippen LogP contribution in [0.1, 0.15) is 13.8 Å². The number of hydrogen-bond donors (Lipinski definition) is 2. The van der Waals surface area contributed by atoms with Crippen LogP contribution < -0.4 is 15.4 Å². The molecule has 0 saturated heterocycles. The third kappa shape index (κ3) is 5.09. The highest BCUT2D eigenvalue weighted by molar-refractivity contribution is 5.93. The van der Waals surface area contributed by atoms with Crippen molar-refractivity contribution in [3.05, 3.63) is 54.3 Å². The monoisotopic (exact) mass is 302 g/mol. The van der Waals surface area contributed by atoms with Crippen LogP contribution in [0.25, 0.3) is 0 Å². The molecule has 0 aliphatic rings. The third-order valence-electron chi connectivity index (χ3n) is 2.79. The predicted octanol–water partition coefficient (Wildman–Crippen LogP) is 3.66. The van der Waals surface area contributed by atoms with E-state index in [9.17, 15) is 9.18 Å². The summed E-state index contributed by atoms with van der Waals surface area (Å²) in [4.78, 5) is 11.8. The zero-order chi connectivity index (χ0) is 15.9. The first-order valence-corrected chi connectivity index (χ1v) is 7.09. The van der Waals surface area contributed by atoms with Gasteiger partial charge in [-0.25, -0.2) is 4.39 Å². The van der Waals surface area contributed by atoms with Crippen LogP contribution in [0.3, 0.4) is 0 Å². The fraction of sp³-hybridized carbons (Fsp3) is 0.235. The Morgan fingerprint density at radius 2 is 1.86 bits per heavy atom. The molecule has 2 aromatic rings. The van der Waals surface area contributed by atoms with Gasteiger partial charge in [-0.15, -0.1) is 0 Å². The molecule has 0 spiro atoms. The van der Waals surface area contributed by atoms with E-state index < -0.39 is 0 Å². The Kier molecular flexibility index (Phi) is 5.36. The summed E-state index contributed by atoms with van der Waals surface area (Å²) in [7, 11) is 0. The van der Waals surface area contributed by atoms with E-state index >= 15 is 0 Å². The summed E-state index contributed by atoms with van der Waals surface area (Å²) in [5, 5.41) is 5.62. The Morgan fingerprint density at radius 1 is 1.14 bits per heavy atom. The second kappa shape index (κ2) is 7.45. The number of hydrogen-bond acceptors (Lipinski definition) is 3. The molecule has 0 fully saturated rings. The molecule has 0 aliphatic carbocycles. The average molecular weight is 302 g/mol. The third-order valence-corrected chi connectivity index (χ3v) is 2.79.